The molecule has 0 fully saturated rings. The third-order valence-electron chi connectivity index (χ3n) is 1.89. The van der Waals surface area contributed by atoms with Gasteiger partial charge in [0.05, 0.1) is 0 Å². The molecular weight excluding hydrogens is 148 g/mol. The van der Waals surface area contributed by atoms with E-state index in [1.165, 1.54) is 11.1 Å². The lowest BCUT2D eigenvalue weighted by Crippen LogP contribution is -2.23. The molecule has 0 radical (unpaired) electrons. The van der Waals surface area contributed by atoms with Crippen LogP contribution in [-0.2, 0) is 0 Å². The molecule has 0 aromatic heterocycles. The zero-order valence-corrected chi connectivity index (χ0v) is 7.67. The van der Waals surface area contributed by atoms with Crippen LogP contribution in [0.5, 0.6) is 0 Å². The third-order valence-corrected chi connectivity index (χ3v) is 1.89. The van der Waals surface area contributed by atoms with E-state index < -0.39 is 0 Å². The van der Waals surface area contributed by atoms with Crippen LogP contribution in [-0.4, -0.2) is 13.6 Å². The molecule has 0 spiro atoms. The molecular formula is C10H16N2. The predicted molar refractivity (Wildman–Crippen MR) is 52.0 cm³/mol. The van der Waals surface area contributed by atoms with Crippen molar-refractivity contribution in [2.24, 2.45) is 5.73 Å². The zero-order valence-electron chi connectivity index (χ0n) is 7.67. The Bertz CT molecular complexity index is 245. The van der Waals surface area contributed by atoms with E-state index in [4.69, 9.17) is 5.73 Å². The minimum Gasteiger partial charge on any atom is -0.323 e. The maximum atomic E-state index is 5.91. The lowest BCUT2D eigenvalue weighted by Gasteiger charge is -2.11. The van der Waals surface area contributed by atoms with Crippen molar-refractivity contribution in [2.45, 2.75) is 13.0 Å². The Morgan fingerprint density at radius 3 is 2.83 bits per heavy atom. The van der Waals surface area contributed by atoms with Crippen molar-refractivity contribution in [1.82, 2.24) is 5.32 Å². The molecule has 1 unspecified atom stereocenters. The largest absolute Gasteiger partial charge is 0.323 e. The van der Waals surface area contributed by atoms with Gasteiger partial charge < -0.3 is 11.1 Å². The highest BCUT2D eigenvalue weighted by molar-refractivity contribution is 5.24. The average Bonchev–Trinajstić information content (AvgIpc) is 2.05. The molecule has 1 rings (SSSR count). The molecule has 2 nitrogen and oxygen atoms in total. The molecule has 0 aliphatic rings. The van der Waals surface area contributed by atoms with Crippen molar-refractivity contribution >= 4 is 0 Å². The summed E-state index contributed by atoms with van der Waals surface area (Å²) in [5.41, 5.74) is 8.37. The number of hydrogen-bond donors (Lipinski definition) is 2. The summed E-state index contributed by atoms with van der Waals surface area (Å²) in [5.74, 6) is 0. The van der Waals surface area contributed by atoms with Crippen LogP contribution in [0, 0.1) is 6.92 Å². The summed E-state index contributed by atoms with van der Waals surface area (Å²) in [6.07, 6.45) is 0. The molecule has 66 valence electrons. The summed E-state index contributed by atoms with van der Waals surface area (Å²) >= 11 is 0. The Balaban J connectivity index is 2.73. The Morgan fingerprint density at radius 1 is 1.50 bits per heavy atom. The molecule has 0 saturated carbocycles. The SMILES string of the molecule is CNCC(N)c1cccc(C)c1. The summed E-state index contributed by atoms with van der Waals surface area (Å²) in [6.45, 7) is 2.90. The van der Waals surface area contributed by atoms with Gasteiger partial charge in [-0.2, -0.15) is 0 Å². The molecule has 0 bridgehead atoms. The summed E-state index contributed by atoms with van der Waals surface area (Å²) in [4.78, 5) is 0. The van der Waals surface area contributed by atoms with Gasteiger partial charge in [0.2, 0.25) is 0 Å². The van der Waals surface area contributed by atoms with E-state index in [1.54, 1.807) is 0 Å². The Hall–Kier alpha value is -0.860. The van der Waals surface area contributed by atoms with Gasteiger partial charge in [-0.3, -0.25) is 0 Å². The fourth-order valence-electron chi connectivity index (χ4n) is 1.24. The molecule has 0 amide bonds. The summed E-state index contributed by atoms with van der Waals surface area (Å²) in [7, 11) is 1.91. The first-order chi connectivity index (χ1) is 5.74. The monoisotopic (exact) mass is 164 g/mol. The molecule has 12 heavy (non-hydrogen) atoms. The number of aryl methyl sites for hydroxylation is 1. The average molecular weight is 164 g/mol. The Labute approximate surface area is 73.8 Å². The normalized spacial score (nSPS) is 12.9. The van der Waals surface area contributed by atoms with Crippen LogP contribution < -0.4 is 11.1 Å². The van der Waals surface area contributed by atoms with Crippen molar-refractivity contribution in [1.29, 1.82) is 0 Å². The van der Waals surface area contributed by atoms with Gasteiger partial charge in [-0.25, -0.2) is 0 Å². The van der Waals surface area contributed by atoms with Gasteiger partial charge in [0.25, 0.3) is 0 Å². The molecule has 1 aromatic rings. The summed E-state index contributed by atoms with van der Waals surface area (Å²) in [6, 6.07) is 8.42. The van der Waals surface area contributed by atoms with Crippen LogP contribution in [0.1, 0.15) is 17.2 Å². The van der Waals surface area contributed by atoms with Gasteiger partial charge in [-0.15, -0.1) is 0 Å². The topological polar surface area (TPSA) is 38.0 Å². The highest BCUT2D eigenvalue weighted by Gasteiger charge is 2.02. The highest BCUT2D eigenvalue weighted by atomic mass is 14.9. The van der Waals surface area contributed by atoms with Crippen molar-refractivity contribution in [3.05, 3.63) is 35.4 Å². The molecule has 0 aliphatic heterocycles. The standard InChI is InChI=1S/C10H16N2/c1-8-4-3-5-9(6-8)10(11)7-12-2/h3-6,10,12H,7,11H2,1-2H3. The molecule has 1 aromatic carbocycles. The predicted octanol–water partition coefficient (Wildman–Crippen LogP) is 1.21. The van der Waals surface area contributed by atoms with Crippen LogP contribution in [0.3, 0.4) is 0 Å². The summed E-state index contributed by atoms with van der Waals surface area (Å²) < 4.78 is 0. The van der Waals surface area contributed by atoms with Gasteiger partial charge in [0.15, 0.2) is 0 Å². The maximum absolute atomic E-state index is 5.91. The van der Waals surface area contributed by atoms with Crippen LogP contribution >= 0.6 is 0 Å². The molecule has 0 saturated heterocycles. The number of benzene rings is 1. The van der Waals surface area contributed by atoms with Crippen molar-refractivity contribution < 1.29 is 0 Å². The van der Waals surface area contributed by atoms with E-state index in [2.05, 4.69) is 30.4 Å². The number of nitrogens with two attached hydrogens (primary N) is 1. The fraction of sp³-hybridized carbons (Fsp3) is 0.400. The van der Waals surface area contributed by atoms with Gasteiger partial charge in [-0.05, 0) is 19.5 Å². The lowest BCUT2D eigenvalue weighted by molar-refractivity contribution is 0.653. The number of hydrogen-bond acceptors (Lipinski definition) is 2. The van der Waals surface area contributed by atoms with E-state index in [9.17, 15) is 0 Å². The van der Waals surface area contributed by atoms with Crippen LogP contribution in [0.4, 0.5) is 0 Å². The second-order valence-electron chi connectivity index (χ2n) is 3.08. The van der Waals surface area contributed by atoms with E-state index in [-0.39, 0.29) is 6.04 Å². The Morgan fingerprint density at radius 2 is 2.25 bits per heavy atom. The van der Waals surface area contributed by atoms with Gasteiger partial charge in [-0.1, -0.05) is 29.8 Å². The molecule has 0 aliphatic carbocycles. The molecule has 2 heteroatoms. The fourth-order valence-corrected chi connectivity index (χ4v) is 1.24. The first kappa shape index (κ1) is 9.23. The number of nitrogens with one attached hydrogen (secondary N) is 1. The van der Waals surface area contributed by atoms with E-state index >= 15 is 0 Å². The number of rotatable bonds is 3. The van der Waals surface area contributed by atoms with Crippen LogP contribution in [0.25, 0.3) is 0 Å². The number of likely N-dealkylation sites (N-methyl/N-ethyl adjacent to an activating group) is 1. The van der Waals surface area contributed by atoms with E-state index in [1.807, 2.05) is 13.1 Å². The van der Waals surface area contributed by atoms with Gasteiger partial charge in [0, 0.05) is 12.6 Å². The smallest absolute Gasteiger partial charge is 0.0421 e. The maximum Gasteiger partial charge on any atom is 0.0421 e. The highest BCUT2D eigenvalue weighted by Crippen LogP contribution is 2.10. The summed E-state index contributed by atoms with van der Waals surface area (Å²) in [5, 5.41) is 3.06. The van der Waals surface area contributed by atoms with Crippen LogP contribution in [0.15, 0.2) is 24.3 Å². The van der Waals surface area contributed by atoms with Gasteiger partial charge >= 0.3 is 0 Å². The minimum absolute atomic E-state index is 0.106. The Kier molecular flexibility index (Phi) is 3.26. The van der Waals surface area contributed by atoms with Crippen LogP contribution in [0.2, 0.25) is 0 Å². The van der Waals surface area contributed by atoms with E-state index in [0.29, 0.717) is 0 Å². The van der Waals surface area contributed by atoms with Crippen molar-refractivity contribution in [3.63, 3.8) is 0 Å². The molecule has 1 atom stereocenters. The third kappa shape index (κ3) is 2.32. The molecule has 3 N–H and O–H groups in total. The van der Waals surface area contributed by atoms with Crippen molar-refractivity contribution in [3.8, 4) is 0 Å². The lowest BCUT2D eigenvalue weighted by atomic mass is 10.1. The first-order valence-corrected chi connectivity index (χ1v) is 4.21. The van der Waals surface area contributed by atoms with Gasteiger partial charge in [0.1, 0.15) is 0 Å². The van der Waals surface area contributed by atoms with Crippen molar-refractivity contribution in [2.75, 3.05) is 13.6 Å². The quantitative estimate of drug-likeness (QED) is 0.704. The minimum atomic E-state index is 0.106. The molecule has 0 heterocycles. The second kappa shape index (κ2) is 4.24. The first-order valence-electron chi connectivity index (χ1n) is 4.21. The van der Waals surface area contributed by atoms with E-state index in [0.717, 1.165) is 6.54 Å². The second-order valence-corrected chi connectivity index (χ2v) is 3.08. The zero-order chi connectivity index (χ0) is 8.97.